The molecule has 0 radical (unpaired) electrons. The number of amides is 1. The highest BCUT2D eigenvalue weighted by molar-refractivity contribution is 6.00. The third kappa shape index (κ3) is 3.04. The lowest BCUT2D eigenvalue weighted by Crippen LogP contribution is -2.47. The molecule has 0 spiro atoms. The minimum absolute atomic E-state index is 0.147. The zero-order chi connectivity index (χ0) is 16.4. The van der Waals surface area contributed by atoms with Gasteiger partial charge in [0.05, 0.1) is 5.69 Å². The molecule has 4 nitrogen and oxygen atoms in total. The van der Waals surface area contributed by atoms with Gasteiger partial charge in [0, 0.05) is 24.7 Å². The maximum absolute atomic E-state index is 13.0. The van der Waals surface area contributed by atoms with Crippen molar-refractivity contribution in [1.29, 1.82) is 0 Å². The summed E-state index contributed by atoms with van der Waals surface area (Å²) in [5.41, 5.74) is 7.88. The predicted molar refractivity (Wildman–Crippen MR) is 87.9 cm³/mol. The number of halogens is 1. The lowest BCUT2D eigenvalue weighted by Gasteiger charge is -2.34. The van der Waals surface area contributed by atoms with E-state index in [0.717, 1.165) is 5.56 Å². The van der Waals surface area contributed by atoms with Crippen molar-refractivity contribution in [2.45, 2.75) is 12.5 Å². The van der Waals surface area contributed by atoms with E-state index in [0.29, 0.717) is 30.1 Å². The van der Waals surface area contributed by atoms with Crippen LogP contribution in [-0.2, 0) is 11.2 Å². The predicted octanol–water partition coefficient (Wildman–Crippen LogP) is 2.93. The lowest BCUT2D eigenvalue weighted by atomic mass is 10.0. The molecule has 5 heteroatoms. The van der Waals surface area contributed by atoms with Crippen LogP contribution in [0.5, 0.6) is 5.75 Å². The summed E-state index contributed by atoms with van der Waals surface area (Å²) in [5, 5.41) is 0. The Morgan fingerprint density at radius 3 is 2.70 bits per heavy atom. The molecule has 1 heterocycles. The first-order valence-electron chi connectivity index (χ1n) is 7.31. The Morgan fingerprint density at radius 1 is 1.26 bits per heavy atom. The van der Waals surface area contributed by atoms with Gasteiger partial charge in [0.25, 0.3) is 5.91 Å². The molecule has 1 atom stereocenters. The van der Waals surface area contributed by atoms with E-state index < -0.39 is 6.10 Å². The molecule has 0 saturated heterocycles. The van der Waals surface area contributed by atoms with Crippen molar-refractivity contribution in [3.05, 3.63) is 66.5 Å². The van der Waals surface area contributed by atoms with Crippen molar-refractivity contribution in [2.75, 3.05) is 17.2 Å². The summed E-state index contributed by atoms with van der Waals surface area (Å²) in [4.78, 5) is 14.3. The van der Waals surface area contributed by atoms with Gasteiger partial charge in [0.2, 0.25) is 0 Å². The molecule has 2 aromatic rings. The molecule has 1 aliphatic heterocycles. The van der Waals surface area contributed by atoms with Crippen LogP contribution in [-0.4, -0.2) is 18.6 Å². The summed E-state index contributed by atoms with van der Waals surface area (Å²) in [6.07, 6.45) is 1.36. The number of anilines is 2. The summed E-state index contributed by atoms with van der Waals surface area (Å²) in [5.74, 6) is 0.112. The lowest BCUT2D eigenvalue weighted by molar-refractivity contribution is -0.126. The van der Waals surface area contributed by atoms with Crippen LogP contribution in [0.25, 0.3) is 0 Å². The summed E-state index contributed by atoms with van der Waals surface area (Å²) >= 11 is 0. The van der Waals surface area contributed by atoms with Gasteiger partial charge >= 0.3 is 0 Å². The topological polar surface area (TPSA) is 55.6 Å². The summed E-state index contributed by atoms with van der Waals surface area (Å²) < 4.78 is 18.9. The number of ether oxygens (including phenoxy) is 1. The number of hydrogen-bond acceptors (Lipinski definition) is 3. The Labute approximate surface area is 134 Å². The number of nitrogens with two attached hydrogens (primary N) is 1. The van der Waals surface area contributed by atoms with Crippen molar-refractivity contribution in [2.24, 2.45) is 0 Å². The largest absolute Gasteiger partial charge is 0.478 e. The Hall–Kier alpha value is -2.82. The highest BCUT2D eigenvalue weighted by Crippen LogP contribution is 2.36. The fraction of sp³-hybridized carbons (Fsp3) is 0.167. The normalized spacial score (nSPS) is 16.7. The van der Waals surface area contributed by atoms with E-state index in [1.165, 1.54) is 12.1 Å². The maximum Gasteiger partial charge on any atom is 0.268 e. The molecular formula is C18H17FN2O2. The second kappa shape index (κ2) is 6.12. The highest BCUT2D eigenvalue weighted by Gasteiger charge is 2.33. The Morgan fingerprint density at radius 2 is 2.00 bits per heavy atom. The molecule has 1 unspecified atom stereocenters. The number of nitrogens with zero attached hydrogens (tertiary/aromatic N) is 1. The van der Waals surface area contributed by atoms with Gasteiger partial charge in [-0.15, -0.1) is 6.58 Å². The van der Waals surface area contributed by atoms with E-state index in [2.05, 4.69) is 6.58 Å². The standard InChI is InChI=1S/C18H17FN2O2/c1-2-9-21-15-8-7-14(20)11-16(15)23-17(18(21)22)10-12-3-5-13(19)6-4-12/h2-8,11,17H,1,9-10,20H2. The molecule has 2 aromatic carbocycles. The van der Waals surface area contributed by atoms with Crippen molar-refractivity contribution in [1.82, 2.24) is 0 Å². The number of carbonyl (C=O) groups is 1. The first-order valence-corrected chi connectivity index (χ1v) is 7.31. The van der Waals surface area contributed by atoms with Crippen molar-refractivity contribution >= 4 is 17.3 Å². The van der Waals surface area contributed by atoms with Crippen molar-refractivity contribution < 1.29 is 13.9 Å². The first-order chi connectivity index (χ1) is 11.1. The van der Waals surface area contributed by atoms with Gasteiger partial charge in [-0.1, -0.05) is 18.2 Å². The highest BCUT2D eigenvalue weighted by atomic mass is 19.1. The third-order valence-electron chi connectivity index (χ3n) is 3.73. The molecule has 1 aliphatic rings. The number of nitrogen functional groups attached to an aromatic ring is 1. The minimum Gasteiger partial charge on any atom is -0.478 e. The quantitative estimate of drug-likeness (QED) is 0.697. The number of fused-ring (bicyclic) bond motifs is 1. The van der Waals surface area contributed by atoms with Gasteiger partial charge in [0.15, 0.2) is 6.10 Å². The van der Waals surface area contributed by atoms with Gasteiger partial charge < -0.3 is 15.4 Å². The van der Waals surface area contributed by atoms with Crippen molar-refractivity contribution in [3.63, 3.8) is 0 Å². The van der Waals surface area contributed by atoms with Gasteiger partial charge in [-0.05, 0) is 29.8 Å². The van der Waals surface area contributed by atoms with E-state index in [9.17, 15) is 9.18 Å². The number of rotatable bonds is 4. The van der Waals surface area contributed by atoms with Crippen LogP contribution in [0.3, 0.4) is 0 Å². The average Bonchev–Trinajstić information content (AvgIpc) is 2.53. The monoisotopic (exact) mass is 312 g/mol. The van der Waals surface area contributed by atoms with Crippen LogP contribution in [0.2, 0.25) is 0 Å². The molecule has 0 saturated carbocycles. The van der Waals surface area contributed by atoms with Gasteiger partial charge in [-0.25, -0.2) is 4.39 Å². The molecule has 0 aromatic heterocycles. The molecule has 1 amide bonds. The van der Waals surface area contributed by atoms with Gasteiger partial charge in [0.1, 0.15) is 11.6 Å². The molecule has 23 heavy (non-hydrogen) atoms. The fourth-order valence-corrected chi connectivity index (χ4v) is 2.63. The Balaban J connectivity index is 1.91. The summed E-state index contributed by atoms with van der Waals surface area (Å²) in [6, 6.07) is 11.2. The molecule has 0 bridgehead atoms. The summed E-state index contributed by atoms with van der Waals surface area (Å²) in [6.45, 7) is 4.09. The minimum atomic E-state index is -0.672. The van der Waals surface area contributed by atoms with Crippen LogP contribution >= 0.6 is 0 Å². The van der Waals surface area contributed by atoms with E-state index in [1.807, 2.05) is 0 Å². The number of hydrogen-bond donors (Lipinski definition) is 1. The Bertz CT molecular complexity index is 743. The molecule has 118 valence electrons. The van der Waals surface area contributed by atoms with Crippen LogP contribution in [0.15, 0.2) is 55.1 Å². The van der Waals surface area contributed by atoms with Gasteiger partial charge in [-0.2, -0.15) is 0 Å². The van der Waals surface area contributed by atoms with Crippen LogP contribution in [0.1, 0.15) is 5.56 Å². The summed E-state index contributed by atoms with van der Waals surface area (Å²) in [7, 11) is 0. The van der Waals surface area contributed by atoms with Crippen LogP contribution < -0.4 is 15.4 Å². The number of benzene rings is 2. The van der Waals surface area contributed by atoms with Crippen LogP contribution in [0.4, 0.5) is 15.8 Å². The van der Waals surface area contributed by atoms with Gasteiger partial charge in [-0.3, -0.25) is 4.79 Å². The second-order valence-corrected chi connectivity index (χ2v) is 5.40. The SMILES string of the molecule is C=CCN1C(=O)C(Cc2ccc(F)cc2)Oc2cc(N)ccc21. The van der Waals surface area contributed by atoms with E-state index in [1.54, 1.807) is 41.3 Å². The Kier molecular flexibility index (Phi) is 4.02. The maximum atomic E-state index is 13.0. The molecule has 0 fully saturated rings. The number of carbonyl (C=O) groups excluding carboxylic acids is 1. The molecular weight excluding hydrogens is 295 g/mol. The molecule has 3 rings (SSSR count). The van der Waals surface area contributed by atoms with E-state index in [-0.39, 0.29) is 11.7 Å². The molecule has 0 aliphatic carbocycles. The van der Waals surface area contributed by atoms with E-state index in [4.69, 9.17) is 10.5 Å². The second-order valence-electron chi connectivity index (χ2n) is 5.40. The molecule has 2 N–H and O–H groups in total. The first kappa shape index (κ1) is 15.1. The third-order valence-corrected chi connectivity index (χ3v) is 3.73. The van der Waals surface area contributed by atoms with E-state index >= 15 is 0 Å². The zero-order valence-electron chi connectivity index (χ0n) is 12.5. The fourth-order valence-electron chi connectivity index (χ4n) is 2.63. The average molecular weight is 312 g/mol. The van der Waals surface area contributed by atoms with Crippen LogP contribution in [0, 0.1) is 5.82 Å². The smallest absolute Gasteiger partial charge is 0.268 e. The zero-order valence-corrected chi connectivity index (χ0v) is 12.5. The van der Waals surface area contributed by atoms with Crippen molar-refractivity contribution in [3.8, 4) is 5.75 Å².